The molecule has 0 spiro atoms. The molecule has 108 valence electrons. The zero-order valence-electron chi connectivity index (χ0n) is 12.5. The summed E-state index contributed by atoms with van der Waals surface area (Å²) >= 11 is 0. The molecule has 0 bridgehead atoms. The van der Waals surface area contributed by atoms with E-state index in [1.54, 1.807) is 13.3 Å². The van der Waals surface area contributed by atoms with E-state index in [9.17, 15) is 0 Å². The van der Waals surface area contributed by atoms with Gasteiger partial charge in [-0.15, -0.1) is 0 Å². The molecule has 0 radical (unpaired) electrons. The van der Waals surface area contributed by atoms with Crippen LogP contribution >= 0.6 is 0 Å². The van der Waals surface area contributed by atoms with Crippen molar-refractivity contribution < 1.29 is 4.74 Å². The summed E-state index contributed by atoms with van der Waals surface area (Å²) in [6.07, 6.45) is 1.73. The predicted octanol–water partition coefficient (Wildman–Crippen LogP) is 2.08. The van der Waals surface area contributed by atoms with E-state index in [4.69, 9.17) is 10.6 Å². The summed E-state index contributed by atoms with van der Waals surface area (Å²) in [4.78, 5) is 0. The van der Waals surface area contributed by atoms with Gasteiger partial charge in [0.1, 0.15) is 5.69 Å². The fourth-order valence-corrected chi connectivity index (χ4v) is 2.48. The van der Waals surface area contributed by atoms with Crippen LogP contribution in [0.25, 0.3) is 0 Å². The number of nitrogens with two attached hydrogens (primary N) is 1. The summed E-state index contributed by atoms with van der Waals surface area (Å²) in [5, 5.41) is 4.35. The van der Waals surface area contributed by atoms with Crippen molar-refractivity contribution in [2.75, 3.05) is 7.11 Å². The number of rotatable bonds is 5. The van der Waals surface area contributed by atoms with Crippen molar-refractivity contribution in [3.8, 4) is 5.75 Å². The van der Waals surface area contributed by atoms with Gasteiger partial charge >= 0.3 is 0 Å². The number of methoxy groups -OCH3 is 1. The molecule has 2 aromatic rings. The van der Waals surface area contributed by atoms with Gasteiger partial charge < -0.3 is 4.74 Å². The molecule has 0 saturated carbocycles. The lowest BCUT2D eigenvalue weighted by Crippen LogP contribution is -2.31. The van der Waals surface area contributed by atoms with Crippen LogP contribution in [0.15, 0.2) is 24.4 Å². The van der Waals surface area contributed by atoms with Crippen LogP contribution in [0.3, 0.4) is 0 Å². The van der Waals surface area contributed by atoms with E-state index in [1.165, 1.54) is 11.1 Å². The van der Waals surface area contributed by atoms with Crippen LogP contribution < -0.4 is 16.0 Å². The molecule has 0 aliphatic rings. The van der Waals surface area contributed by atoms with Crippen molar-refractivity contribution in [3.05, 3.63) is 46.8 Å². The molecule has 5 heteroatoms. The Balaban J connectivity index is 2.58. The van der Waals surface area contributed by atoms with Crippen molar-refractivity contribution in [2.24, 2.45) is 5.84 Å². The van der Waals surface area contributed by atoms with Gasteiger partial charge in [0.15, 0.2) is 5.75 Å². The second-order valence-corrected chi connectivity index (χ2v) is 4.80. The Morgan fingerprint density at radius 3 is 2.75 bits per heavy atom. The molecule has 0 aliphatic heterocycles. The Morgan fingerprint density at radius 1 is 1.40 bits per heavy atom. The quantitative estimate of drug-likeness (QED) is 0.647. The van der Waals surface area contributed by atoms with Gasteiger partial charge in [-0.25, -0.2) is 5.43 Å². The van der Waals surface area contributed by atoms with Crippen LogP contribution in [0.2, 0.25) is 0 Å². The molecule has 1 aromatic heterocycles. The minimum atomic E-state index is -0.146. The number of nitrogens with zero attached hydrogens (tertiary/aromatic N) is 2. The third-order valence-electron chi connectivity index (χ3n) is 3.76. The summed E-state index contributed by atoms with van der Waals surface area (Å²) < 4.78 is 7.33. The second kappa shape index (κ2) is 6.07. The van der Waals surface area contributed by atoms with Crippen molar-refractivity contribution in [2.45, 2.75) is 33.4 Å². The average Bonchev–Trinajstić information content (AvgIpc) is 2.87. The molecule has 3 N–H and O–H groups in total. The molecule has 1 heterocycles. The van der Waals surface area contributed by atoms with Crippen LogP contribution in [-0.2, 0) is 6.54 Å². The standard InChI is InChI=1S/C15H22N4O/c1-5-19-15(13(20-4)9-17-19)14(18-16)12-8-6-7-10(2)11(12)3/h6-9,14,18H,5,16H2,1-4H3. The Morgan fingerprint density at radius 2 is 2.15 bits per heavy atom. The first-order valence-electron chi connectivity index (χ1n) is 6.75. The molecule has 1 aromatic carbocycles. The molecule has 0 amide bonds. The number of ether oxygens (including phenoxy) is 1. The summed E-state index contributed by atoms with van der Waals surface area (Å²) in [6, 6.07) is 6.08. The maximum absolute atomic E-state index is 5.82. The summed E-state index contributed by atoms with van der Waals surface area (Å²) in [5.41, 5.74) is 7.45. The van der Waals surface area contributed by atoms with E-state index >= 15 is 0 Å². The average molecular weight is 274 g/mol. The van der Waals surface area contributed by atoms with Gasteiger partial charge in [-0.05, 0) is 37.5 Å². The molecule has 0 aliphatic carbocycles. The number of nitrogens with one attached hydrogen (secondary N) is 1. The fourth-order valence-electron chi connectivity index (χ4n) is 2.48. The molecule has 0 saturated heterocycles. The number of hydrogen-bond acceptors (Lipinski definition) is 4. The van der Waals surface area contributed by atoms with E-state index in [2.05, 4.69) is 36.5 Å². The lowest BCUT2D eigenvalue weighted by molar-refractivity contribution is 0.399. The molecule has 0 fully saturated rings. The van der Waals surface area contributed by atoms with E-state index in [-0.39, 0.29) is 6.04 Å². The van der Waals surface area contributed by atoms with Crippen LogP contribution in [0, 0.1) is 13.8 Å². The van der Waals surface area contributed by atoms with Crippen molar-refractivity contribution in [1.82, 2.24) is 15.2 Å². The van der Waals surface area contributed by atoms with Gasteiger partial charge in [-0.3, -0.25) is 10.5 Å². The summed E-state index contributed by atoms with van der Waals surface area (Å²) in [7, 11) is 1.65. The van der Waals surface area contributed by atoms with E-state index in [0.717, 1.165) is 23.6 Å². The maximum atomic E-state index is 5.82. The fraction of sp³-hybridized carbons (Fsp3) is 0.400. The van der Waals surface area contributed by atoms with Gasteiger partial charge in [0.25, 0.3) is 0 Å². The molecule has 2 rings (SSSR count). The Bertz CT molecular complexity index is 570. The van der Waals surface area contributed by atoms with Gasteiger partial charge in [0, 0.05) is 6.54 Å². The highest BCUT2D eigenvalue weighted by Gasteiger charge is 2.23. The van der Waals surface area contributed by atoms with Crippen LogP contribution in [0.5, 0.6) is 5.75 Å². The van der Waals surface area contributed by atoms with Gasteiger partial charge in [0.05, 0.1) is 19.3 Å². The highest BCUT2D eigenvalue weighted by atomic mass is 16.5. The minimum absolute atomic E-state index is 0.146. The topological polar surface area (TPSA) is 65.1 Å². The third kappa shape index (κ3) is 2.42. The first-order valence-corrected chi connectivity index (χ1v) is 6.75. The largest absolute Gasteiger partial charge is 0.493 e. The smallest absolute Gasteiger partial charge is 0.161 e. The zero-order chi connectivity index (χ0) is 14.7. The first-order chi connectivity index (χ1) is 9.63. The van der Waals surface area contributed by atoms with Gasteiger partial charge in [-0.2, -0.15) is 5.10 Å². The monoisotopic (exact) mass is 274 g/mol. The number of aryl methyl sites for hydroxylation is 2. The molecular weight excluding hydrogens is 252 g/mol. The predicted molar refractivity (Wildman–Crippen MR) is 79.5 cm³/mol. The van der Waals surface area contributed by atoms with Gasteiger partial charge in [0.2, 0.25) is 0 Å². The van der Waals surface area contributed by atoms with Crippen LogP contribution in [0.1, 0.15) is 35.3 Å². The summed E-state index contributed by atoms with van der Waals surface area (Å²) in [6.45, 7) is 7.02. The normalized spacial score (nSPS) is 12.4. The molecular formula is C15H22N4O. The number of hydrogen-bond donors (Lipinski definition) is 2. The molecule has 1 unspecified atom stereocenters. The third-order valence-corrected chi connectivity index (χ3v) is 3.76. The van der Waals surface area contributed by atoms with Gasteiger partial charge in [-0.1, -0.05) is 18.2 Å². The Kier molecular flexibility index (Phi) is 4.42. The van der Waals surface area contributed by atoms with Crippen molar-refractivity contribution >= 4 is 0 Å². The van der Waals surface area contributed by atoms with E-state index < -0.39 is 0 Å². The number of hydrazine groups is 1. The number of aromatic nitrogens is 2. The van der Waals surface area contributed by atoms with Crippen LogP contribution in [0.4, 0.5) is 0 Å². The molecule has 1 atom stereocenters. The lowest BCUT2D eigenvalue weighted by Gasteiger charge is -2.21. The second-order valence-electron chi connectivity index (χ2n) is 4.80. The highest BCUT2D eigenvalue weighted by Crippen LogP contribution is 2.31. The first kappa shape index (κ1) is 14.6. The molecule has 5 nitrogen and oxygen atoms in total. The minimum Gasteiger partial charge on any atom is -0.493 e. The zero-order valence-corrected chi connectivity index (χ0v) is 12.5. The Labute approximate surface area is 119 Å². The maximum Gasteiger partial charge on any atom is 0.161 e. The van der Waals surface area contributed by atoms with Crippen LogP contribution in [-0.4, -0.2) is 16.9 Å². The SMILES string of the molecule is CCn1ncc(OC)c1C(NN)c1cccc(C)c1C. The highest BCUT2D eigenvalue weighted by molar-refractivity contribution is 5.42. The van der Waals surface area contributed by atoms with Crippen molar-refractivity contribution in [1.29, 1.82) is 0 Å². The Hall–Kier alpha value is -1.85. The molecule has 20 heavy (non-hydrogen) atoms. The van der Waals surface area contributed by atoms with Crippen molar-refractivity contribution in [3.63, 3.8) is 0 Å². The van der Waals surface area contributed by atoms with E-state index in [0.29, 0.717) is 0 Å². The summed E-state index contributed by atoms with van der Waals surface area (Å²) in [5.74, 6) is 6.56. The van der Waals surface area contributed by atoms with E-state index in [1.807, 2.05) is 17.7 Å². The lowest BCUT2D eigenvalue weighted by atomic mass is 9.95. The number of benzene rings is 1.